The van der Waals surface area contributed by atoms with Crippen LogP contribution in [0.3, 0.4) is 0 Å². The van der Waals surface area contributed by atoms with E-state index in [1.54, 1.807) is 0 Å². The molecule has 188 valence electrons. The summed E-state index contributed by atoms with van der Waals surface area (Å²) in [5.41, 5.74) is 10.1. The Morgan fingerprint density at radius 3 is 2.14 bits per heavy atom. The second-order valence-electron chi connectivity index (χ2n) is 9.90. The molecular weight excluding hydrogens is 558 g/mol. The molecule has 0 aromatic heterocycles. The third kappa shape index (κ3) is 9.33. The number of hydrogen-bond donors (Lipinski definition) is 0. The van der Waals surface area contributed by atoms with Crippen LogP contribution in [0.5, 0.6) is 0 Å². The molecule has 0 bridgehead atoms. The number of rotatable bonds is 3. The summed E-state index contributed by atoms with van der Waals surface area (Å²) in [7, 11) is 0. The molecule has 0 heterocycles. The van der Waals surface area contributed by atoms with Gasteiger partial charge in [-0.3, -0.25) is 0 Å². The van der Waals surface area contributed by atoms with Gasteiger partial charge in [-0.2, -0.15) is 53.1 Å². The minimum atomic E-state index is 0. The second kappa shape index (κ2) is 15.6. The first-order valence-corrected chi connectivity index (χ1v) is 13.5. The molecule has 4 aromatic carbocycles. The Labute approximate surface area is 246 Å². The molecule has 0 nitrogen and oxygen atoms in total. The van der Waals surface area contributed by atoms with Crippen LogP contribution in [0, 0.1) is 6.07 Å². The Hall–Kier alpha value is -1.66. The van der Waals surface area contributed by atoms with Gasteiger partial charge >= 0.3 is 70.3 Å². The van der Waals surface area contributed by atoms with Gasteiger partial charge in [-0.15, -0.1) is 5.56 Å². The van der Waals surface area contributed by atoms with Gasteiger partial charge < -0.3 is 24.8 Å². The zero-order chi connectivity index (χ0) is 24.6. The molecule has 0 atom stereocenters. The van der Waals surface area contributed by atoms with Crippen LogP contribution in [0.25, 0.3) is 11.1 Å². The van der Waals surface area contributed by atoms with Crippen LogP contribution in [-0.4, -0.2) is 3.21 Å². The summed E-state index contributed by atoms with van der Waals surface area (Å²) in [6.07, 6.45) is 3.51. The third-order valence-corrected chi connectivity index (χ3v) is 6.76. The first-order valence-electron chi connectivity index (χ1n) is 12.2. The summed E-state index contributed by atoms with van der Waals surface area (Å²) in [4.78, 5) is 0. The van der Waals surface area contributed by atoms with E-state index in [1.807, 2.05) is 12.1 Å². The van der Waals surface area contributed by atoms with Gasteiger partial charge in [0.25, 0.3) is 0 Å². The van der Waals surface area contributed by atoms with Crippen LogP contribution in [0.2, 0.25) is 0 Å². The van der Waals surface area contributed by atoms with Crippen LogP contribution in [0.15, 0.2) is 91.0 Å². The van der Waals surface area contributed by atoms with E-state index in [4.69, 9.17) is 0 Å². The molecule has 4 aromatic rings. The molecule has 0 fully saturated rings. The molecule has 1 aliphatic carbocycles. The van der Waals surface area contributed by atoms with Gasteiger partial charge in [-0.25, -0.2) is 6.07 Å². The zero-order valence-corrected chi connectivity index (χ0v) is 26.0. The number of halogens is 2. The van der Waals surface area contributed by atoms with Crippen molar-refractivity contribution >= 4 is 3.21 Å². The van der Waals surface area contributed by atoms with Gasteiger partial charge in [0.05, 0.1) is 0 Å². The van der Waals surface area contributed by atoms with E-state index in [9.17, 15) is 0 Å². The smallest absolute Gasteiger partial charge is 0.0253 e. The van der Waals surface area contributed by atoms with Crippen molar-refractivity contribution in [3.8, 4) is 11.1 Å². The summed E-state index contributed by atoms with van der Waals surface area (Å²) in [5, 5.41) is 0. The molecule has 0 spiro atoms. The SMILES string of the molecule is CCCc1cc(C(C)(C)C)c[cH-]1.C[C](=[Zr+2])c1ccccc1.[Cl-].[Cl-].[c-]1cccc2c1Cc1ccccc1-2. The minimum Gasteiger partial charge on any atom is -1.00 e. The van der Waals surface area contributed by atoms with Gasteiger partial charge in [-0.1, -0.05) is 81.3 Å². The Morgan fingerprint density at radius 1 is 0.917 bits per heavy atom. The molecule has 0 unspecified atom stereocenters. The normalized spacial score (nSPS) is 10.8. The van der Waals surface area contributed by atoms with Crippen LogP contribution in [-0.2, 0) is 42.5 Å². The summed E-state index contributed by atoms with van der Waals surface area (Å²) in [6.45, 7) is 11.2. The summed E-state index contributed by atoms with van der Waals surface area (Å²) in [5.74, 6) is 0. The van der Waals surface area contributed by atoms with Crippen molar-refractivity contribution in [3.63, 3.8) is 0 Å². The van der Waals surface area contributed by atoms with Crippen LogP contribution in [0.4, 0.5) is 0 Å². The monoisotopic (exact) mass is 592 g/mol. The number of hydrogen-bond acceptors (Lipinski definition) is 0. The van der Waals surface area contributed by atoms with Crippen LogP contribution in [0.1, 0.15) is 68.9 Å². The first kappa shape index (κ1) is 32.4. The average molecular weight is 595 g/mol. The molecule has 5 rings (SSSR count). The molecule has 0 saturated heterocycles. The van der Waals surface area contributed by atoms with Crippen molar-refractivity contribution < 1.29 is 49.0 Å². The van der Waals surface area contributed by atoms with E-state index >= 15 is 0 Å². The second-order valence-corrected chi connectivity index (χ2v) is 11.7. The average Bonchev–Trinajstić information content (AvgIpc) is 3.46. The van der Waals surface area contributed by atoms with Crippen molar-refractivity contribution in [2.45, 2.75) is 59.3 Å². The molecular formula is C33H36Cl2Zr-2. The van der Waals surface area contributed by atoms with Crippen molar-refractivity contribution in [3.05, 3.63) is 125 Å². The van der Waals surface area contributed by atoms with Crippen LogP contribution < -0.4 is 24.8 Å². The molecule has 0 aliphatic heterocycles. The van der Waals surface area contributed by atoms with Crippen molar-refractivity contribution in [2.75, 3.05) is 0 Å². The van der Waals surface area contributed by atoms with Gasteiger partial charge in [0, 0.05) is 0 Å². The predicted molar refractivity (Wildman–Crippen MR) is 144 cm³/mol. The minimum absolute atomic E-state index is 0. The van der Waals surface area contributed by atoms with Crippen molar-refractivity contribution in [1.82, 2.24) is 0 Å². The first-order chi connectivity index (χ1) is 16.3. The Balaban J connectivity index is 0.000000267. The molecule has 1 aliphatic rings. The molecule has 36 heavy (non-hydrogen) atoms. The Morgan fingerprint density at radius 2 is 1.56 bits per heavy atom. The largest absolute Gasteiger partial charge is 1.00 e. The molecule has 0 N–H and O–H groups in total. The van der Waals surface area contributed by atoms with Crippen molar-refractivity contribution in [2.24, 2.45) is 0 Å². The molecule has 0 amide bonds. The fraction of sp³-hybridized carbons (Fsp3) is 0.273. The summed E-state index contributed by atoms with van der Waals surface area (Å²) in [6, 6.07) is 35.4. The fourth-order valence-electron chi connectivity index (χ4n) is 4.09. The van der Waals surface area contributed by atoms with E-state index in [1.165, 1.54) is 79.2 Å². The maximum absolute atomic E-state index is 3.30. The number of fused-ring (bicyclic) bond motifs is 3. The maximum Gasteiger partial charge on any atom is -0.0253 e. The van der Waals surface area contributed by atoms with E-state index in [0.29, 0.717) is 5.41 Å². The quantitative estimate of drug-likeness (QED) is 0.282. The predicted octanol–water partition coefficient (Wildman–Crippen LogP) is 2.50. The molecule has 0 saturated carbocycles. The van der Waals surface area contributed by atoms with E-state index in [2.05, 4.69) is 120 Å². The molecule has 3 heteroatoms. The zero-order valence-electron chi connectivity index (χ0n) is 22.0. The van der Waals surface area contributed by atoms with Gasteiger partial charge in [0.2, 0.25) is 0 Å². The van der Waals surface area contributed by atoms with Crippen molar-refractivity contribution in [1.29, 1.82) is 0 Å². The Bertz CT molecular complexity index is 1160. The van der Waals surface area contributed by atoms with Gasteiger partial charge in [0.1, 0.15) is 0 Å². The number of aryl methyl sites for hydroxylation is 1. The van der Waals surface area contributed by atoms with Gasteiger partial charge in [0.15, 0.2) is 0 Å². The fourth-order valence-corrected chi connectivity index (χ4v) is 4.50. The third-order valence-electron chi connectivity index (χ3n) is 6.05. The molecule has 0 radical (unpaired) electrons. The maximum atomic E-state index is 3.30. The summed E-state index contributed by atoms with van der Waals surface area (Å²) < 4.78 is 1.46. The van der Waals surface area contributed by atoms with E-state index < -0.39 is 0 Å². The van der Waals surface area contributed by atoms with Gasteiger partial charge in [-0.05, 0) is 6.42 Å². The standard InChI is InChI=1S/C13H9.C12H19.C8H8.2ClH.Zr/c1-3-7-12-10(5-1)9-11-6-2-4-8-13(11)12;1-5-6-10-7-8-11(9-10)12(2,3)4;1-2-8-6-4-3-5-7-8;;;/h1-5,7-8H,9H2;7-9H,5-6H2,1-4H3;3-7H,1H3;2*1H;/q2*-1;;;;+2/p-2. The topological polar surface area (TPSA) is 0 Å². The van der Waals surface area contributed by atoms with E-state index in [0.717, 1.165) is 6.42 Å². The van der Waals surface area contributed by atoms with Crippen LogP contribution >= 0.6 is 0 Å². The summed E-state index contributed by atoms with van der Waals surface area (Å²) >= 11 is 1.51. The Kier molecular flexibility index (Phi) is 14.0. The number of benzene rings is 3. The van der Waals surface area contributed by atoms with E-state index in [-0.39, 0.29) is 24.8 Å².